The first-order chi connectivity index (χ1) is 7.99. The van der Waals surface area contributed by atoms with Gasteiger partial charge in [0.2, 0.25) is 11.8 Å². The Kier molecular flexibility index (Phi) is 3.35. The summed E-state index contributed by atoms with van der Waals surface area (Å²) >= 11 is 8.96. The molecule has 0 aliphatic carbocycles. The van der Waals surface area contributed by atoms with Crippen molar-refractivity contribution in [3.8, 4) is 0 Å². The molecule has 0 saturated carbocycles. The summed E-state index contributed by atoms with van der Waals surface area (Å²) < 4.78 is 0.475. The van der Waals surface area contributed by atoms with Gasteiger partial charge in [-0.05, 0) is 28.1 Å². The van der Waals surface area contributed by atoms with Crippen molar-refractivity contribution < 1.29 is 9.59 Å². The normalized spacial score (nSPS) is 19.8. The Morgan fingerprint density at radius 2 is 2.29 bits per heavy atom. The van der Waals surface area contributed by atoms with Gasteiger partial charge in [-0.1, -0.05) is 11.6 Å². The highest BCUT2D eigenvalue weighted by Gasteiger charge is 2.34. The summed E-state index contributed by atoms with van der Waals surface area (Å²) in [5.41, 5.74) is 5.80. The van der Waals surface area contributed by atoms with Crippen molar-refractivity contribution in [2.45, 2.75) is 6.42 Å². The lowest BCUT2D eigenvalue weighted by Gasteiger charge is -2.17. The molecule has 0 bridgehead atoms. The van der Waals surface area contributed by atoms with Gasteiger partial charge in [0.15, 0.2) is 0 Å². The number of hydrogen-bond donors (Lipinski definition) is 1. The molecule has 1 unspecified atom stereocenters. The highest BCUT2D eigenvalue weighted by atomic mass is 79.9. The quantitative estimate of drug-likeness (QED) is 0.836. The molecule has 2 rings (SSSR count). The topological polar surface area (TPSA) is 76.3 Å². The lowest BCUT2D eigenvalue weighted by molar-refractivity contribution is -0.123. The van der Waals surface area contributed by atoms with Gasteiger partial charge in [-0.15, -0.1) is 0 Å². The van der Waals surface area contributed by atoms with Gasteiger partial charge < -0.3 is 10.6 Å². The molecule has 5 nitrogen and oxygen atoms in total. The number of nitrogens with two attached hydrogens (primary N) is 1. The zero-order valence-electron chi connectivity index (χ0n) is 8.69. The number of pyridine rings is 1. The minimum Gasteiger partial charge on any atom is -0.369 e. The lowest BCUT2D eigenvalue weighted by Crippen LogP contribution is -2.28. The van der Waals surface area contributed by atoms with Crippen LogP contribution in [0.15, 0.2) is 16.7 Å². The van der Waals surface area contributed by atoms with Gasteiger partial charge in [0, 0.05) is 13.0 Å². The first-order valence-corrected chi connectivity index (χ1v) is 6.08. The summed E-state index contributed by atoms with van der Waals surface area (Å²) in [5, 5.41) is 0.332. The third kappa shape index (κ3) is 2.42. The van der Waals surface area contributed by atoms with Crippen LogP contribution < -0.4 is 10.6 Å². The Morgan fingerprint density at radius 3 is 2.82 bits per heavy atom. The molecule has 1 aromatic rings. The van der Waals surface area contributed by atoms with Gasteiger partial charge in [-0.25, -0.2) is 4.98 Å². The first kappa shape index (κ1) is 12.3. The van der Waals surface area contributed by atoms with Gasteiger partial charge in [-0.2, -0.15) is 0 Å². The van der Waals surface area contributed by atoms with Crippen molar-refractivity contribution in [1.82, 2.24) is 4.98 Å². The van der Waals surface area contributed by atoms with Gasteiger partial charge in [0.25, 0.3) is 0 Å². The van der Waals surface area contributed by atoms with Crippen molar-refractivity contribution in [2.75, 3.05) is 11.4 Å². The van der Waals surface area contributed by atoms with Crippen LogP contribution in [0.1, 0.15) is 6.42 Å². The van der Waals surface area contributed by atoms with E-state index in [1.165, 1.54) is 4.90 Å². The molecule has 0 radical (unpaired) electrons. The van der Waals surface area contributed by atoms with E-state index >= 15 is 0 Å². The Balaban J connectivity index is 2.29. The Labute approximate surface area is 111 Å². The van der Waals surface area contributed by atoms with E-state index in [9.17, 15) is 9.59 Å². The van der Waals surface area contributed by atoms with Crippen LogP contribution in [0.5, 0.6) is 0 Å². The predicted molar refractivity (Wildman–Crippen MR) is 66.6 cm³/mol. The van der Waals surface area contributed by atoms with E-state index in [4.69, 9.17) is 17.3 Å². The van der Waals surface area contributed by atoms with Gasteiger partial charge in [0.1, 0.15) is 9.76 Å². The van der Waals surface area contributed by atoms with Crippen LogP contribution in [0, 0.1) is 5.92 Å². The minimum atomic E-state index is -0.459. The fraction of sp³-hybridized carbons (Fsp3) is 0.300. The molecule has 0 aromatic carbocycles. The van der Waals surface area contributed by atoms with E-state index in [0.29, 0.717) is 15.4 Å². The summed E-state index contributed by atoms with van der Waals surface area (Å²) in [6.45, 7) is 0.288. The zero-order valence-corrected chi connectivity index (χ0v) is 11.0. The average Bonchev–Trinajstić information content (AvgIpc) is 2.61. The molecule has 0 spiro atoms. The van der Waals surface area contributed by atoms with Crippen LogP contribution in [-0.2, 0) is 9.59 Å². The molecule has 7 heteroatoms. The molecule has 1 aliphatic rings. The second-order valence-corrected chi connectivity index (χ2v) is 4.89. The third-order valence-electron chi connectivity index (χ3n) is 2.61. The number of aromatic nitrogens is 1. The Bertz CT molecular complexity index is 494. The van der Waals surface area contributed by atoms with Crippen LogP contribution in [0.25, 0.3) is 0 Å². The fourth-order valence-electron chi connectivity index (χ4n) is 1.74. The summed E-state index contributed by atoms with van der Waals surface area (Å²) in [5.74, 6) is -1.04. The molecule has 90 valence electrons. The third-order valence-corrected chi connectivity index (χ3v) is 3.41. The summed E-state index contributed by atoms with van der Waals surface area (Å²) in [6, 6.07) is 3.27. The van der Waals surface area contributed by atoms with Crippen LogP contribution in [0.4, 0.5) is 5.69 Å². The maximum absolute atomic E-state index is 11.8. The van der Waals surface area contributed by atoms with Crippen molar-refractivity contribution >= 4 is 45.0 Å². The van der Waals surface area contributed by atoms with Crippen LogP contribution >= 0.6 is 27.5 Å². The largest absolute Gasteiger partial charge is 0.369 e. The molecule has 2 N–H and O–H groups in total. The van der Waals surface area contributed by atoms with Gasteiger partial charge >= 0.3 is 0 Å². The number of carbonyl (C=O) groups excluding carboxylic acids is 2. The number of primary amides is 1. The number of hydrogen-bond acceptors (Lipinski definition) is 3. The van der Waals surface area contributed by atoms with Crippen molar-refractivity contribution in [2.24, 2.45) is 11.7 Å². The highest BCUT2D eigenvalue weighted by molar-refractivity contribution is 9.10. The van der Waals surface area contributed by atoms with E-state index in [0.717, 1.165) is 0 Å². The summed E-state index contributed by atoms with van der Waals surface area (Å²) in [4.78, 5) is 28.3. The van der Waals surface area contributed by atoms with E-state index in [1.807, 2.05) is 0 Å². The molecule has 1 aromatic heterocycles. The van der Waals surface area contributed by atoms with E-state index in [1.54, 1.807) is 12.1 Å². The molecular weight excluding hydrogens is 309 g/mol. The minimum absolute atomic E-state index is 0.140. The molecule has 2 amide bonds. The van der Waals surface area contributed by atoms with E-state index in [2.05, 4.69) is 20.9 Å². The lowest BCUT2D eigenvalue weighted by atomic mass is 10.1. The molecule has 1 saturated heterocycles. The Morgan fingerprint density at radius 1 is 1.59 bits per heavy atom. The second kappa shape index (κ2) is 4.62. The Hall–Kier alpha value is -1.14. The predicted octanol–water partition coefficient (Wildman–Crippen LogP) is 1.34. The number of carbonyl (C=O) groups is 2. The molecule has 17 heavy (non-hydrogen) atoms. The van der Waals surface area contributed by atoms with E-state index < -0.39 is 11.8 Å². The van der Waals surface area contributed by atoms with Crippen LogP contribution in [-0.4, -0.2) is 23.3 Å². The molecule has 1 fully saturated rings. The van der Waals surface area contributed by atoms with Crippen molar-refractivity contribution in [3.63, 3.8) is 0 Å². The number of rotatable bonds is 2. The summed E-state index contributed by atoms with van der Waals surface area (Å²) in [6.07, 6.45) is 0.143. The second-order valence-electron chi connectivity index (χ2n) is 3.75. The van der Waals surface area contributed by atoms with Crippen molar-refractivity contribution in [1.29, 1.82) is 0 Å². The van der Waals surface area contributed by atoms with E-state index in [-0.39, 0.29) is 18.9 Å². The monoisotopic (exact) mass is 317 g/mol. The molecule has 1 aliphatic heterocycles. The first-order valence-electron chi connectivity index (χ1n) is 4.90. The molecule has 2 heterocycles. The van der Waals surface area contributed by atoms with Gasteiger partial charge in [-0.3, -0.25) is 9.59 Å². The maximum atomic E-state index is 11.8. The average molecular weight is 319 g/mol. The number of anilines is 1. The standard InChI is InChI=1S/C10H9BrClN3O2/c11-9-6(1-2-7(12)14-9)15-4-5(10(13)17)3-8(15)16/h1-2,5H,3-4H2,(H2,13,17). The summed E-state index contributed by atoms with van der Waals surface area (Å²) in [7, 11) is 0. The smallest absolute Gasteiger partial charge is 0.227 e. The number of amides is 2. The highest BCUT2D eigenvalue weighted by Crippen LogP contribution is 2.31. The molecule has 1 atom stereocenters. The van der Waals surface area contributed by atoms with Crippen molar-refractivity contribution in [3.05, 3.63) is 21.9 Å². The number of nitrogens with zero attached hydrogens (tertiary/aromatic N) is 2. The number of halogens is 2. The van der Waals surface area contributed by atoms with Crippen LogP contribution in [0.2, 0.25) is 5.15 Å². The fourth-order valence-corrected chi connectivity index (χ4v) is 2.52. The molecular formula is C10H9BrClN3O2. The van der Waals surface area contributed by atoms with Crippen LogP contribution in [0.3, 0.4) is 0 Å². The zero-order chi connectivity index (χ0) is 12.6. The van der Waals surface area contributed by atoms with Gasteiger partial charge in [0.05, 0.1) is 11.6 Å². The maximum Gasteiger partial charge on any atom is 0.227 e. The SMILES string of the molecule is NC(=O)C1CC(=O)N(c2ccc(Cl)nc2Br)C1.